The lowest BCUT2D eigenvalue weighted by atomic mass is 10.1. The topological polar surface area (TPSA) is 116 Å². The third-order valence-corrected chi connectivity index (χ3v) is 1.83. The van der Waals surface area contributed by atoms with Crippen LogP contribution < -0.4 is 21.9 Å². The predicted octanol–water partition coefficient (Wildman–Crippen LogP) is -0.998. The maximum absolute atomic E-state index is 10.8. The van der Waals surface area contributed by atoms with Crippen LogP contribution in [-0.4, -0.2) is 36.7 Å². The van der Waals surface area contributed by atoms with E-state index in [-0.39, 0.29) is 0 Å². The van der Waals surface area contributed by atoms with E-state index >= 15 is 0 Å². The van der Waals surface area contributed by atoms with E-state index in [1.54, 1.807) is 0 Å². The highest BCUT2D eigenvalue weighted by Crippen LogP contribution is 1.99. The number of amides is 2. The molecule has 0 bridgehead atoms. The van der Waals surface area contributed by atoms with Crippen molar-refractivity contribution in [3.8, 4) is 0 Å². The molecule has 0 heterocycles. The van der Waals surface area contributed by atoms with Crippen LogP contribution in [0.4, 0.5) is 4.79 Å². The van der Waals surface area contributed by atoms with Gasteiger partial charge in [-0.1, -0.05) is 0 Å². The normalized spacial score (nSPS) is 11.9. The molecule has 0 fully saturated rings. The number of hydrogen-bond donors (Lipinski definition) is 5. The second kappa shape index (κ2) is 8.01. The molecule has 7 heteroatoms. The maximum Gasteiger partial charge on any atom is 0.328 e. The van der Waals surface area contributed by atoms with Crippen LogP contribution in [0.3, 0.4) is 0 Å². The first kappa shape index (κ1) is 13.7. The van der Waals surface area contributed by atoms with Crippen molar-refractivity contribution in [3.63, 3.8) is 0 Å². The Hall–Kier alpha value is -1.34. The summed E-state index contributed by atoms with van der Waals surface area (Å²) in [6.45, 7) is 0.537. The van der Waals surface area contributed by atoms with Crippen LogP contribution in [0.2, 0.25) is 0 Å². The molecule has 0 saturated carbocycles. The lowest BCUT2D eigenvalue weighted by molar-refractivity contribution is -0.139. The van der Waals surface area contributed by atoms with Gasteiger partial charge in [0.25, 0.3) is 0 Å². The van der Waals surface area contributed by atoms with Gasteiger partial charge in [0.2, 0.25) is 0 Å². The van der Waals surface area contributed by atoms with Crippen molar-refractivity contribution in [1.82, 2.24) is 16.2 Å². The lowest BCUT2D eigenvalue weighted by Gasteiger charge is -2.14. The van der Waals surface area contributed by atoms with Crippen molar-refractivity contribution in [3.05, 3.63) is 0 Å². The summed E-state index contributed by atoms with van der Waals surface area (Å²) in [5.74, 6) is -0.997. The summed E-state index contributed by atoms with van der Waals surface area (Å²) in [5, 5.41) is 11.1. The zero-order chi connectivity index (χ0) is 11.7. The van der Waals surface area contributed by atoms with Crippen LogP contribution in [0.15, 0.2) is 0 Å². The van der Waals surface area contributed by atoms with Crippen molar-refractivity contribution in [2.45, 2.75) is 25.3 Å². The molecule has 0 aromatic rings. The molecule has 0 aromatic heterocycles. The van der Waals surface area contributed by atoms with Crippen molar-refractivity contribution < 1.29 is 14.7 Å². The van der Waals surface area contributed by atoms with Gasteiger partial charge >= 0.3 is 12.0 Å². The van der Waals surface area contributed by atoms with E-state index in [1.807, 2.05) is 0 Å². The van der Waals surface area contributed by atoms with Gasteiger partial charge in [0, 0.05) is 7.05 Å². The van der Waals surface area contributed by atoms with E-state index < -0.39 is 18.0 Å². The average Bonchev–Trinajstić information content (AvgIpc) is 2.22. The third-order valence-electron chi connectivity index (χ3n) is 1.83. The molecule has 88 valence electrons. The van der Waals surface area contributed by atoms with Crippen LogP contribution in [-0.2, 0) is 4.79 Å². The van der Waals surface area contributed by atoms with Crippen molar-refractivity contribution in [2.75, 3.05) is 13.6 Å². The highest BCUT2D eigenvalue weighted by molar-refractivity contribution is 5.76. The number of unbranched alkanes of at least 4 members (excludes halogenated alkanes) is 1. The number of carboxylic acids is 1. The molecule has 0 aromatic carbocycles. The average molecular weight is 218 g/mol. The lowest BCUT2D eigenvalue weighted by Crippen LogP contribution is -2.50. The number of aliphatic carboxylic acids is 1. The molecule has 0 aliphatic rings. The summed E-state index contributed by atoms with van der Waals surface area (Å²) in [6.07, 6.45) is 1.90. The van der Waals surface area contributed by atoms with Gasteiger partial charge < -0.3 is 16.2 Å². The van der Waals surface area contributed by atoms with Crippen LogP contribution >= 0.6 is 0 Å². The zero-order valence-electron chi connectivity index (χ0n) is 8.75. The molecule has 0 saturated heterocycles. The Labute approximate surface area is 88.4 Å². The van der Waals surface area contributed by atoms with Crippen molar-refractivity contribution >= 4 is 12.0 Å². The molecule has 0 aliphatic carbocycles. The van der Waals surface area contributed by atoms with Gasteiger partial charge in [-0.2, -0.15) is 0 Å². The van der Waals surface area contributed by atoms with Crippen LogP contribution in [0.1, 0.15) is 19.3 Å². The predicted molar refractivity (Wildman–Crippen MR) is 55.1 cm³/mol. The molecule has 7 nitrogen and oxygen atoms in total. The molecule has 2 amide bonds. The highest BCUT2D eigenvalue weighted by atomic mass is 16.4. The molecular formula is C8H18N4O3. The highest BCUT2D eigenvalue weighted by Gasteiger charge is 2.16. The Kier molecular flexibility index (Phi) is 7.29. The van der Waals surface area contributed by atoms with E-state index in [2.05, 4.69) is 16.2 Å². The number of rotatable bonds is 7. The number of nitrogens with two attached hydrogens (primary N) is 1. The fraction of sp³-hybridized carbons (Fsp3) is 0.750. The monoisotopic (exact) mass is 218 g/mol. The van der Waals surface area contributed by atoms with Gasteiger partial charge in [0.15, 0.2) is 0 Å². The van der Waals surface area contributed by atoms with E-state index in [0.717, 1.165) is 6.42 Å². The molecule has 0 rings (SSSR count). The third kappa shape index (κ3) is 6.69. The van der Waals surface area contributed by atoms with E-state index in [0.29, 0.717) is 19.4 Å². The zero-order valence-corrected chi connectivity index (χ0v) is 8.75. The summed E-state index contributed by atoms with van der Waals surface area (Å²) < 4.78 is 0. The Morgan fingerprint density at radius 1 is 1.40 bits per heavy atom. The smallest absolute Gasteiger partial charge is 0.328 e. The second-order valence-electron chi connectivity index (χ2n) is 3.02. The minimum absolute atomic E-state index is 0.427. The van der Waals surface area contributed by atoms with Gasteiger partial charge in [-0.05, 0) is 25.8 Å². The van der Waals surface area contributed by atoms with E-state index in [4.69, 9.17) is 10.8 Å². The minimum Gasteiger partial charge on any atom is -0.480 e. The fourth-order valence-electron chi connectivity index (χ4n) is 0.965. The second-order valence-corrected chi connectivity index (χ2v) is 3.02. The fourth-order valence-corrected chi connectivity index (χ4v) is 0.965. The van der Waals surface area contributed by atoms with Gasteiger partial charge in [0.1, 0.15) is 6.04 Å². The Morgan fingerprint density at radius 3 is 2.53 bits per heavy atom. The van der Waals surface area contributed by atoms with Crippen LogP contribution in [0.25, 0.3) is 0 Å². The summed E-state index contributed by atoms with van der Waals surface area (Å²) in [7, 11) is 1.45. The van der Waals surface area contributed by atoms with Gasteiger partial charge in [-0.25, -0.2) is 10.2 Å². The number of carbonyl (C=O) groups is 2. The van der Waals surface area contributed by atoms with Gasteiger partial charge in [-0.15, -0.1) is 0 Å². The maximum atomic E-state index is 10.8. The molecule has 0 radical (unpaired) electrons. The Morgan fingerprint density at radius 2 is 2.07 bits per heavy atom. The number of hydrazine groups is 1. The SMILES string of the molecule is CNC(=O)NNC(CCCCN)C(=O)O. The summed E-state index contributed by atoms with van der Waals surface area (Å²) in [4.78, 5) is 21.5. The first-order chi connectivity index (χ1) is 7.11. The number of urea groups is 1. The van der Waals surface area contributed by atoms with Crippen molar-refractivity contribution in [2.24, 2.45) is 5.73 Å². The summed E-state index contributed by atoms with van der Waals surface area (Å²) >= 11 is 0. The molecule has 0 spiro atoms. The number of carbonyl (C=O) groups excluding carboxylic acids is 1. The standard InChI is InChI=1S/C8H18N4O3/c1-10-8(15)12-11-6(7(13)14)4-2-3-5-9/h6,11H,2-5,9H2,1H3,(H,13,14)(H2,10,12,15). The van der Waals surface area contributed by atoms with E-state index in [1.165, 1.54) is 7.05 Å². The van der Waals surface area contributed by atoms with Crippen LogP contribution in [0.5, 0.6) is 0 Å². The van der Waals surface area contributed by atoms with Gasteiger partial charge in [0.05, 0.1) is 0 Å². The molecular weight excluding hydrogens is 200 g/mol. The van der Waals surface area contributed by atoms with Crippen molar-refractivity contribution in [1.29, 1.82) is 0 Å². The van der Waals surface area contributed by atoms with Crippen LogP contribution in [0, 0.1) is 0 Å². The quantitative estimate of drug-likeness (QED) is 0.278. The molecule has 15 heavy (non-hydrogen) atoms. The Bertz CT molecular complexity index is 210. The summed E-state index contributed by atoms with van der Waals surface area (Å²) in [6, 6.07) is -1.26. The minimum atomic E-state index is -0.997. The molecule has 0 aliphatic heterocycles. The molecule has 6 N–H and O–H groups in total. The largest absolute Gasteiger partial charge is 0.480 e. The number of hydrogen-bond acceptors (Lipinski definition) is 4. The first-order valence-electron chi connectivity index (χ1n) is 4.78. The molecule has 1 unspecified atom stereocenters. The number of carboxylic acid groups (broad SMARTS) is 1. The number of nitrogens with one attached hydrogen (secondary N) is 3. The summed E-state index contributed by atoms with van der Waals surface area (Å²) in [5.41, 5.74) is 9.94. The van der Waals surface area contributed by atoms with Gasteiger partial charge in [-0.3, -0.25) is 10.2 Å². The molecule has 1 atom stereocenters. The van der Waals surface area contributed by atoms with E-state index in [9.17, 15) is 9.59 Å². The first-order valence-corrected chi connectivity index (χ1v) is 4.78. The Balaban J connectivity index is 3.83.